The van der Waals surface area contributed by atoms with Gasteiger partial charge in [-0.1, -0.05) is 0 Å². The molecule has 1 aromatic heterocycles. The van der Waals surface area contributed by atoms with Gasteiger partial charge in [0.1, 0.15) is 0 Å². The number of H-pyrrole nitrogens is 1. The van der Waals surface area contributed by atoms with E-state index in [4.69, 9.17) is 4.74 Å². The van der Waals surface area contributed by atoms with Crippen LogP contribution in [0, 0.1) is 0 Å². The number of hydrogen-bond acceptors (Lipinski definition) is 3. The van der Waals surface area contributed by atoms with Crippen LogP contribution in [0.15, 0.2) is 17.2 Å². The van der Waals surface area contributed by atoms with Crippen molar-refractivity contribution in [2.24, 2.45) is 0 Å². The zero-order valence-electron chi connectivity index (χ0n) is 11.1. The van der Waals surface area contributed by atoms with Gasteiger partial charge in [-0.15, -0.1) is 0 Å². The van der Waals surface area contributed by atoms with E-state index in [2.05, 4.69) is 16.9 Å². The number of likely N-dealkylation sites (N-methyl/N-ethyl adjacent to an activating group) is 1. The summed E-state index contributed by atoms with van der Waals surface area (Å²) in [5.74, 6) is 0. The van der Waals surface area contributed by atoms with Crippen molar-refractivity contribution in [3.8, 4) is 0 Å². The van der Waals surface area contributed by atoms with E-state index in [0.717, 1.165) is 32.7 Å². The minimum Gasteiger partial charge on any atom is -0.378 e. The number of aromatic amines is 1. The van der Waals surface area contributed by atoms with E-state index in [1.54, 1.807) is 17.0 Å². The summed E-state index contributed by atoms with van der Waals surface area (Å²) in [6.45, 7) is 3.66. The van der Waals surface area contributed by atoms with E-state index < -0.39 is 0 Å². The first-order chi connectivity index (χ1) is 8.75. The van der Waals surface area contributed by atoms with E-state index in [9.17, 15) is 4.79 Å². The lowest BCUT2D eigenvalue weighted by molar-refractivity contribution is 0.0996. The van der Waals surface area contributed by atoms with E-state index in [0.29, 0.717) is 6.10 Å². The maximum Gasteiger partial charge on any atom is 0.325 e. The number of rotatable bonds is 7. The molecular weight excluding hydrogens is 230 g/mol. The van der Waals surface area contributed by atoms with Crippen LogP contribution in [0.3, 0.4) is 0 Å². The predicted octanol–water partition coefficient (Wildman–Crippen LogP) is 1.07. The van der Waals surface area contributed by atoms with Gasteiger partial charge in [0.05, 0.1) is 6.10 Å². The highest BCUT2D eigenvalue weighted by Gasteiger charge is 2.14. The summed E-state index contributed by atoms with van der Waals surface area (Å²) in [5, 5.41) is 0. The minimum atomic E-state index is -0.0252. The van der Waals surface area contributed by atoms with Crippen molar-refractivity contribution in [1.82, 2.24) is 14.5 Å². The summed E-state index contributed by atoms with van der Waals surface area (Å²) in [7, 11) is 2.10. The van der Waals surface area contributed by atoms with Gasteiger partial charge in [-0.3, -0.25) is 4.57 Å². The molecule has 0 radical (unpaired) electrons. The molecule has 5 nitrogen and oxygen atoms in total. The van der Waals surface area contributed by atoms with Crippen LogP contribution in [0.5, 0.6) is 0 Å². The van der Waals surface area contributed by atoms with Crippen LogP contribution in [0.2, 0.25) is 0 Å². The molecule has 1 aromatic rings. The molecule has 5 heteroatoms. The van der Waals surface area contributed by atoms with Gasteiger partial charge in [-0.2, -0.15) is 0 Å². The molecule has 2 rings (SSSR count). The Morgan fingerprint density at radius 2 is 2.44 bits per heavy atom. The second-order valence-corrected chi connectivity index (χ2v) is 5.04. The SMILES string of the molecule is CN(CCC[C@@H]1CCCO1)CCn1cc[nH]c1=O. The number of ether oxygens (including phenoxy) is 1. The molecule has 0 saturated carbocycles. The van der Waals surface area contributed by atoms with Gasteiger partial charge in [-0.05, 0) is 39.3 Å². The highest BCUT2D eigenvalue weighted by Crippen LogP contribution is 2.16. The van der Waals surface area contributed by atoms with Crippen molar-refractivity contribution in [2.75, 3.05) is 26.7 Å². The third kappa shape index (κ3) is 3.99. The van der Waals surface area contributed by atoms with Crippen molar-refractivity contribution in [2.45, 2.75) is 38.3 Å². The zero-order chi connectivity index (χ0) is 12.8. The highest BCUT2D eigenvalue weighted by molar-refractivity contribution is 4.76. The van der Waals surface area contributed by atoms with Crippen LogP contribution in [0.4, 0.5) is 0 Å². The lowest BCUT2D eigenvalue weighted by Crippen LogP contribution is -2.28. The molecule has 1 aliphatic heterocycles. The summed E-state index contributed by atoms with van der Waals surface area (Å²) >= 11 is 0. The maximum absolute atomic E-state index is 11.3. The normalized spacial score (nSPS) is 19.8. The van der Waals surface area contributed by atoms with Crippen molar-refractivity contribution in [1.29, 1.82) is 0 Å². The predicted molar refractivity (Wildman–Crippen MR) is 70.8 cm³/mol. The lowest BCUT2D eigenvalue weighted by Gasteiger charge is -2.17. The Balaban J connectivity index is 1.58. The number of imidazole rings is 1. The van der Waals surface area contributed by atoms with Crippen LogP contribution in [-0.4, -0.2) is 47.3 Å². The molecule has 1 fully saturated rings. The molecule has 1 saturated heterocycles. The first-order valence-corrected chi connectivity index (χ1v) is 6.79. The smallest absolute Gasteiger partial charge is 0.325 e. The lowest BCUT2D eigenvalue weighted by atomic mass is 10.1. The standard InChI is InChI=1S/C13H23N3O2/c1-15(7-2-4-12-5-3-11-18-12)9-10-16-8-6-14-13(16)17/h6,8,12H,2-5,7,9-11H2,1H3,(H,14,17)/t12-/m1/s1. The van der Waals surface area contributed by atoms with E-state index >= 15 is 0 Å². The molecule has 102 valence electrons. The van der Waals surface area contributed by atoms with Crippen molar-refractivity contribution < 1.29 is 4.74 Å². The molecule has 0 amide bonds. The van der Waals surface area contributed by atoms with Gasteiger partial charge in [0.15, 0.2) is 0 Å². The average molecular weight is 253 g/mol. The Morgan fingerprint density at radius 1 is 1.56 bits per heavy atom. The molecule has 2 heterocycles. The molecule has 0 aromatic carbocycles. The van der Waals surface area contributed by atoms with Gasteiger partial charge in [0.25, 0.3) is 0 Å². The third-order valence-electron chi connectivity index (χ3n) is 3.53. The van der Waals surface area contributed by atoms with Gasteiger partial charge >= 0.3 is 5.69 Å². The van der Waals surface area contributed by atoms with Crippen molar-refractivity contribution in [3.05, 3.63) is 22.9 Å². The Labute approximate surface area is 108 Å². The summed E-state index contributed by atoms with van der Waals surface area (Å²) in [6.07, 6.45) is 8.74. The van der Waals surface area contributed by atoms with Crippen LogP contribution in [0.1, 0.15) is 25.7 Å². The minimum absolute atomic E-state index is 0.0252. The molecular formula is C13H23N3O2. The van der Waals surface area contributed by atoms with Crippen LogP contribution < -0.4 is 5.69 Å². The molecule has 0 spiro atoms. The van der Waals surface area contributed by atoms with Crippen LogP contribution >= 0.6 is 0 Å². The highest BCUT2D eigenvalue weighted by atomic mass is 16.5. The molecule has 1 N–H and O–H groups in total. The largest absolute Gasteiger partial charge is 0.378 e. The van der Waals surface area contributed by atoms with Crippen molar-refractivity contribution >= 4 is 0 Å². The number of nitrogens with zero attached hydrogens (tertiary/aromatic N) is 2. The molecule has 18 heavy (non-hydrogen) atoms. The second-order valence-electron chi connectivity index (χ2n) is 5.04. The van der Waals surface area contributed by atoms with Gasteiger partial charge in [0, 0.05) is 32.1 Å². The number of nitrogens with one attached hydrogen (secondary N) is 1. The summed E-state index contributed by atoms with van der Waals surface area (Å²) in [4.78, 5) is 16.2. The van der Waals surface area contributed by atoms with Crippen LogP contribution in [0.25, 0.3) is 0 Å². The molecule has 0 bridgehead atoms. The Kier molecular flexibility index (Phi) is 5.01. The first kappa shape index (κ1) is 13.4. The van der Waals surface area contributed by atoms with Crippen molar-refractivity contribution in [3.63, 3.8) is 0 Å². The van der Waals surface area contributed by atoms with Gasteiger partial charge in [-0.25, -0.2) is 4.79 Å². The molecule has 0 aliphatic carbocycles. The maximum atomic E-state index is 11.3. The quantitative estimate of drug-likeness (QED) is 0.790. The van der Waals surface area contributed by atoms with E-state index in [1.165, 1.54) is 19.3 Å². The summed E-state index contributed by atoms with van der Waals surface area (Å²) < 4.78 is 7.31. The molecule has 1 aliphatic rings. The van der Waals surface area contributed by atoms with Gasteiger partial charge < -0.3 is 14.6 Å². The molecule has 1 atom stereocenters. The van der Waals surface area contributed by atoms with Gasteiger partial charge in [0.2, 0.25) is 0 Å². The number of hydrogen-bond donors (Lipinski definition) is 1. The summed E-state index contributed by atoms with van der Waals surface area (Å²) in [5.41, 5.74) is -0.0252. The first-order valence-electron chi connectivity index (χ1n) is 6.79. The molecule has 0 unspecified atom stereocenters. The Bertz CT molecular complexity index is 393. The average Bonchev–Trinajstić information content (AvgIpc) is 2.98. The topological polar surface area (TPSA) is 50.3 Å². The Hall–Kier alpha value is -1.07. The summed E-state index contributed by atoms with van der Waals surface area (Å²) in [6, 6.07) is 0. The second kappa shape index (κ2) is 6.75. The zero-order valence-corrected chi connectivity index (χ0v) is 11.1. The number of aromatic nitrogens is 2. The fraction of sp³-hybridized carbons (Fsp3) is 0.769. The fourth-order valence-corrected chi connectivity index (χ4v) is 2.38. The fourth-order valence-electron chi connectivity index (χ4n) is 2.38. The third-order valence-corrected chi connectivity index (χ3v) is 3.53. The van der Waals surface area contributed by atoms with E-state index in [-0.39, 0.29) is 5.69 Å². The monoisotopic (exact) mass is 253 g/mol. The van der Waals surface area contributed by atoms with E-state index in [1.807, 2.05) is 0 Å². The van der Waals surface area contributed by atoms with Crippen LogP contribution in [-0.2, 0) is 11.3 Å². The Morgan fingerprint density at radius 3 is 3.11 bits per heavy atom.